The molecule has 0 unspecified atom stereocenters. The van der Waals surface area contributed by atoms with Crippen LogP contribution in [0.25, 0.3) is 0 Å². The predicted molar refractivity (Wildman–Crippen MR) is 37.2 cm³/mol. The first-order valence-electron chi connectivity index (χ1n) is 2.75. The minimum absolute atomic E-state index is 0.118. The summed E-state index contributed by atoms with van der Waals surface area (Å²) in [5.74, 6) is 0.492. The lowest BCUT2D eigenvalue weighted by Gasteiger charge is -1.97. The number of nitrogens with two attached hydrogens (primary N) is 1. The van der Waals surface area contributed by atoms with Crippen molar-refractivity contribution in [2.45, 2.75) is 6.92 Å². The van der Waals surface area contributed by atoms with Crippen molar-refractivity contribution in [3.05, 3.63) is 18.1 Å². The van der Waals surface area contributed by atoms with Gasteiger partial charge < -0.3 is 8.60 Å². The fourth-order valence-corrected chi connectivity index (χ4v) is 1.01. The van der Waals surface area contributed by atoms with E-state index in [0.29, 0.717) is 5.76 Å². The van der Waals surface area contributed by atoms with Crippen molar-refractivity contribution in [2.75, 3.05) is 0 Å². The smallest absolute Gasteiger partial charge is 0.380 e. The summed E-state index contributed by atoms with van der Waals surface area (Å²) < 4.78 is 29.8. The van der Waals surface area contributed by atoms with Gasteiger partial charge in [-0.15, -0.1) is 0 Å². The lowest BCUT2D eigenvalue weighted by Crippen LogP contribution is -2.18. The molecule has 1 aromatic rings. The Kier molecular flexibility index (Phi) is 1.88. The van der Waals surface area contributed by atoms with Gasteiger partial charge in [0.05, 0.1) is 6.26 Å². The third-order valence-electron chi connectivity index (χ3n) is 1.02. The molecule has 0 bridgehead atoms. The fourth-order valence-electron chi connectivity index (χ4n) is 0.585. The Hall–Kier alpha value is -1.01. The van der Waals surface area contributed by atoms with Gasteiger partial charge in [-0.05, 0) is 6.92 Å². The summed E-state index contributed by atoms with van der Waals surface area (Å²) in [7, 11) is -3.93. The van der Waals surface area contributed by atoms with Gasteiger partial charge in [-0.25, -0.2) is 0 Å². The van der Waals surface area contributed by atoms with Crippen LogP contribution in [0.1, 0.15) is 5.76 Å². The summed E-state index contributed by atoms with van der Waals surface area (Å²) in [6.45, 7) is 1.57. The number of furan rings is 1. The largest absolute Gasteiger partial charge is 0.466 e. The Balaban J connectivity index is 2.89. The summed E-state index contributed by atoms with van der Waals surface area (Å²) in [5, 5.41) is 4.60. The summed E-state index contributed by atoms with van der Waals surface area (Å²) >= 11 is 0. The highest BCUT2D eigenvalue weighted by molar-refractivity contribution is 7.84. The molecule has 1 rings (SSSR count). The molecule has 0 spiro atoms. The second kappa shape index (κ2) is 2.55. The maximum Gasteiger partial charge on any atom is 0.380 e. The van der Waals surface area contributed by atoms with E-state index in [1.54, 1.807) is 6.92 Å². The average Bonchev–Trinajstić information content (AvgIpc) is 2.12. The zero-order valence-corrected chi connectivity index (χ0v) is 6.59. The summed E-state index contributed by atoms with van der Waals surface area (Å²) in [6.07, 6.45) is 1.32. The third-order valence-corrected chi connectivity index (χ3v) is 1.43. The molecule has 1 aromatic heterocycles. The van der Waals surface area contributed by atoms with Gasteiger partial charge in [0.25, 0.3) is 0 Å². The standard InChI is InChI=1S/C5H7NO4S/c1-4-5(2-3-9-4)10-11(6,7)8/h2-3H,1H3,(H2,6,7,8). The monoisotopic (exact) mass is 177 g/mol. The van der Waals surface area contributed by atoms with Crippen LogP contribution in [0.4, 0.5) is 0 Å². The fraction of sp³-hybridized carbons (Fsp3) is 0.200. The van der Waals surface area contributed by atoms with Crippen molar-refractivity contribution in [1.29, 1.82) is 0 Å². The zero-order valence-electron chi connectivity index (χ0n) is 5.77. The maximum absolute atomic E-state index is 10.4. The van der Waals surface area contributed by atoms with E-state index in [9.17, 15) is 8.42 Å². The Bertz CT molecular complexity index is 339. The molecular weight excluding hydrogens is 170 g/mol. The molecule has 0 radical (unpaired) electrons. The molecule has 5 nitrogen and oxygen atoms in total. The first-order valence-corrected chi connectivity index (χ1v) is 4.22. The van der Waals surface area contributed by atoms with Crippen LogP contribution in [0.2, 0.25) is 0 Å². The van der Waals surface area contributed by atoms with Crippen molar-refractivity contribution in [3.8, 4) is 5.75 Å². The average molecular weight is 177 g/mol. The Morgan fingerprint density at radius 2 is 2.27 bits per heavy atom. The highest BCUT2D eigenvalue weighted by atomic mass is 32.2. The molecule has 6 heteroatoms. The summed E-state index contributed by atoms with van der Waals surface area (Å²) in [6, 6.07) is 1.37. The summed E-state index contributed by atoms with van der Waals surface area (Å²) in [5.41, 5.74) is 0. The SMILES string of the molecule is Cc1occc1OS(N)(=O)=O. The van der Waals surface area contributed by atoms with Gasteiger partial charge in [0, 0.05) is 6.07 Å². The van der Waals surface area contributed by atoms with Crippen LogP contribution in [0, 0.1) is 6.92 Å². The van der Waals surface area contributed by atoms with Gasteiger partial charge in [0.2, 0.25) is 0 Å². The second-order valence-corrected chi connectivity index (χ2v) is 3.07. The molecule has 0 aliphatic heterocycles. The van der Waals surface area contributed by atoms with Crippen molar-refractivity contribution in [1.82, 2.24) is 0 Å². The first kappa shape index (κ1) is 8.09. The molecule has 0 saturated heterocycles. The number of aryl methyl sites for hydroxylation is 1. The van der Waals surface area contributed by atoms with E-state index in [4.69, 9.17) is 4.42 Å². The van der Waals surface area contributed by atoms with E-state index >= 15 is 0 Å². The van der Waals surface area contributed by atoms with Crippen LogP contribution in [0.3, 0.4) is 0 Å². The minimum Gasteiger partial charge on any atom is -0.466 e. The normalized spacial score (nSPS) is 11.5. The van der Waals surface area contributed by atoms with Crippen LogP contribution < -0.4 is 9.32 Å². The molecule has 0 aliphatic carbocycles. The summed E-state index contributed by atoms with van der Waals surface area (Å²) in [4.78, 5) is 0. The van der Waals surface area contributed by atoms with Crippen molar-refractivity contribution < 1.29 is 17.0 Å². The highest BCUT2D eigenvalue weighted by Gasteiger charge is 2.08. The molecule has 0 amide bonds. The van der Waals surface area contributed by atoms with Crippen LogP contribution in [0.15, 0.2) is 16.7 Å². The lowest BCUT2D eigenvalue weighted by atomic mass is 10.5. The van der Waals surface area contributed by atoms with Crippen molar-refractivity contribution in [2.24, 2.45) is 5.14 Å². The quantitative estimate of drug-likeness (QED) is 0.698. The number of hydrogen-bond acceptors (Lipinski definition) is 4. The second-order valence-electron chi connectivity index (χ2n) is 1.92. The van der Waals surface area contributed by atoms with E-state index < -0.39 is 10.3 Å². The third kappa shape index (κ3) is 2.24. The molecule has 0 aliphatic rings. The minimum atomic E-state index is -3.93. The molecule has 1 heterocycles. The predicted octanol–water partition coefficient (Wildman–Crippen LogP) is 0.170. The Morgan fingerprint density at radius 1 is 1.64 bits per heavy atom. The first-order chi connectivity index (χ1) is 4.99. The molecule has 0 fully saturated rings. The number of hydrogen-bond donors (Lipinski definition) is 1. The van der Waals surface area contributed by atoms with E-state index in [1.807, 2.05) is 0 Å². The molecule has 0 atom stereocenters. The molecule has 0 aromatic carbocycles. The van der Waals surface area contributed by atoms with E-state index in [1.165, 1.54) is 12.3 Å². The zero-order chi connectivity index (χ0) is 8.48. The lowest BCUT2D eigenvalue weighted by molar-refractivity contribution is 0.466. The molecule has 0 saturated carbocycles. The Morgan fingerprint density at radius 3 is 2.64 bits per heavy atom. The van der Waals surface area contributed by atoms with Gasteiger partial charge in [0.1, 0.15) is 5.76 Å². The Labute approximate surface area is 64.0 Å². The van der Waals surface area contributed by atoms with Crippen LogP contribution >= 0.6 is 0 Å². The van der Waals surface area contributed by atoms with Crippen LogP contribution in [-0.2, 0) is 10.3 Å². The molecule has 62 valence electrons. The van der Waals surface area contributed by atoms with Gasteiger partial charge in [0.15, 0.2) is 5.75 Å². The number of rotatable bonds is 2. The van der Waals surface area contributed by atoms with E-state index in [2.05, 4.69) is 9.32 Å². The topological polar surface area (TPSA) is 82.5 Å². The van der Waals surface area contributed by atoms with Crippen molar-refractivity contribution >= 4 is 10.3 Å². The maximum atomic E-state index is 10.4. The molecule has 2 N–H and O–H groups in total. The highest BCUT2D eigenvalue weighted by Crippen LogP contribution is 2.18. The van der Waals surface area contributed by atoms with Crippen LogP contribution in [-0.4, -0.2) is 8.42 Å². The van der Waals surface area contributed by atoms with Gasteiger partial charge >= 0.3 is 10.3 Å². The van der Waals surface area contributed by atoms with E-state index in [-0.39, 0.29) is 5.75 Å². The van der Waals surface area contributed by atoms with Gasteiger partial charge in [-0.2, -0.15) is 13.6 Å². The molecular formula is C5H7NO4S. The van der Waals surface area contributed by atoms with Crippen molar-refractivity contribution in [3.63, 3.8) is 0 Å². The molecule has 11 heavy (non-hydrogen) atoms. The van der Waals surface area contributed by atoms with Gasteiger partial charge in [-0.1, -0.05) is 0 Å². The van der Waals surface area contributed by atoms with Gasteiger partial charge in [-0.3, -0.25) is 0 Å². The van der Waals surface area contributed by atoms with E-state index in [0.717, 1.165) is 0 Å². The van der Waals surface area contributed by atoms with Crippen LogP contribution in [0.5, 0.6) is 5.75 Å².